The zero-order valence-electron chi connectivity index (χ0n) is 14.5. The van der Waals surface area contributed by atoms with E-state index in [1.165, 1.54) is 24.3 Å². The maximum atomic E-state index is 12.8. The molecular weight excluding hydrogens is 429 g/mol. The van der Waals surface area contributed by atoms with Crippen LogP contribution in [0.25, 0.3) is 28.1 Å². The predicted molar refractivity (Wildman–Crippen MR) is 95.6 cm³/mol. The summed E-state index contributed by atoms with van der Waals surface area (Å²) in [7, 11) is -6.01. The Morgan fingerprint density at radius 2 is 1.73 bits per heavy atom. The van der Waals surface area contributed by atoms with Crippen molar-refractivity contribution in [1.29, 1.82) is 0 Å². The van der Waals surface area contributed by atoms with E-state index < -0.39 is 27.4 Å². The third kappa shape index (κ3) is 3.16. The van der Waals surface area contributed by atoms with Crippen molar-refractivity contribution in [2.24, 2.45) is 5.73 Å². The molecule has 0 unspecified atom stereocenters. The van der Waals surface area contributed by atoms with E-state index in [2.05, 4.69) is 24.3 Å². The lowest BCUT2D eigenvalue weighted by Gasteiger charge is -2.13. The summed E-state index contributed by atoms with van der Waals surface area (Å²) < 4.78 is 67.1. The number of hydrogen-bond donors (Lipinski definition) is 1. The first kappa shape index (κ1) is 19.5. The summed E-state index contributed by atoms with van der Waals surface area (Å²) >= 11 is 0. The smallest absolute Gasteiger partial charge is 0.363 e. The average molecular weight is 438 g/mol. The van der Waals surface area contributed by atoms with Gasteiger partial charge in [0.2, 0.25) is 5.82 Å². The second kappa shape index (κ2) is 6.62. The van der Waals surface area contributed by atoms with Crippen molar-refractivity contribution in [2.45, 2.75) is 5.51 Å². The van der Waals surface area contributed by atoms with Crippen LogP contribution in [0.15, 0.2) is 42.5 Å². The number of pyridine rings is 1. The monoisotopic (exact) mass is 438 g/mol. The van der Waals surface area contributed by atoms with Crippen molar-refractivity contribution in [1.82, 2.24) is 24.6 Å². The molecule has 1 aromatic carbocycles. The van der Waals surface area contributed by atoms with Gasteiger partial charge < -0.3 is 9.92 Å². The zero-order valence-corrected chi connectivity index (χ0v) is 15.3. The van der Waals surface area contributed by atoms with Gasteiger partial charge in [0, 0.05) is 5.56 Å². The van der Waals surface area contributed by atoms with Crippen LogP contribution < -0.4 is 9.92 Å². The lowest BCUT2D eigenvalue weighted by molar-refractivity contribution is -0.0501. The average Bonchev–Trinajstić information content (AvgIpc) is 3.12. The van der Waals surface area contributed by atoms with Crippen molar-refractivity contribution < 1.29 is 30.6 Å². The van der Waals surface area contributed by atoms with E-state index in [-0.39, 0.29) is 33.9 Å². The van der Waals surface area contributed by atoms with Gasteiger partial charge in [0.15, 0.2) is 11.3 Å². The van der Waals surface area contributed by atoms with Gasteiger partial charge in [0.25, 0.3) is 11.8 Å². The van der Waals surface area contributed by atoms with Gasteiger partial charge in [-0.2, -0.15) is 21.6 Å². The van der Waals surface area contributed by atoms with Crippen molar-refractivity contribution in [3.63, 3.8) is 0 Å². The minimum Gasteiger partial charge on any atom is -0.363 e. The van der Waals surface area contributed by atoms with Crippen LogP contribution >= 0.6 is 0 Å². The van der Waals surface area contributed by atoms with Gasteiger partial charge in [0.05, 0.1) is 0 Å². The molecule has 0 radical (unpaired) electrons. The third-order valence-corrected chi connectivity index (χ3v) is 4.85. The SMILES string of the molecule is NC(=O)c1nnc2ccc3nc(OS(=O)(=O)C(F)(F)F)c(-c4ccccc4)nc3n12. The van der Waals surface area contributed by atoms with Crippen LogP contribution in [0.3, 0.4) is 0 Å². The van der Waals surface area contributed by atoms with Crippen LogP contribution in [0.5, 0.6) is 5.88 Å². The molecule has 0 saturated heterocycles. The Balaban J connectivity index is 2.05. The summed E-state index contributed by atoms with van der Waals surface area (Å²) in [6.07, 6.45) is 0. The molecule has 3 heterocycles. The van der Waals surface area contributed by atoms with Crippen LogP contribution in [0.4, 0.5) is 13.2 Å². The number of primary amides is 1. The highest BCUT2D eigenvalue weighted by Crippen LogP contribution is 2.33. The molecule has 0 saturated carbocycles. The number of hydrogen-bond acceptors (Lipinski definition) is 8. The lowest BCUT2D eigenvalue weighted by atomic mass is 10.1. The number of carbonyl (C=O) groups excluding carboxylic acids is 1. The number of amides is 1. The Labute approximate surface area is 165 Å². The van der Waals surface area contributed by atoms with Crippen LogP contribution in [0.1, 0.15) is 10.6 Å². The van der Waals surface area contributed by atoms with Gasteiger partial charge >= 0.3 is 15.6 Å². The van der Waals surface area contributed by atoms with Gasteiger partial charge in [-0.05, 0) is 12.1 Å². The fraction of sp³-hybridized carbons (Fsp3) is 0.0625. The van der Waals surface area contributed by atoms with Crippen LogP contribution in [0.2, 0.25) is 0 Å². The van der Waals surface area contributed by atoms with Gasteiger partial charge in [-0.3, -0.25) is 9.20 Å². The molecule has 2 N–H and O–H groups in total. The fourth-order valence-corrected chi connectivity index (χ4v) is 3.04. The number of halogens is 3. The predicted octanol–water partition coefficient (Wildman–Crippen LogP) is 1.67. The Morgan fingerprint density at radius 3 is 2.37 bits per heavy atom. The Kier molecular flexibility index (Phi) is 4.30. The molecule has 14 heteroatoms. The summed E-state index contributed by atoms with van der Waals surface area (Å²) in [6, 6.07) is 10.3. The minimum absolute atomic E-state index is 0.0399. The Bertz CT molecular complexity index is 1400. The summed E-state index contributed by atoms with van der Waals surface area (Å²) in [4.78, 5) is 19.8. The topological polar surface area (TPSA) is 142 Å². The Hall–Kier alpha value is -3.81. The van der Waals surface area contributed by atoms with E-state index in [1.807, 2.05) is 0 Å². The van der Waals surface area contributed by atoms with Gasteiger partial charge in [0.1, 0.15) is 11.2 Å². The highest BCUT2D eigenvalue weighted by Gasteiger charge is 2.49. The normalized spacial score (nSPS) is 12.4. The van der Waals surface area contributed by atoms with Crippen molar-refractivity contribution in [3.05, 3.63) is 48.3 Å². The van der Waals surface area contributed by atoms with Crippen molar-refractivity contribution >= 4 is 32.8 Å². The zero-order chi connectivity index (χ0) is 21.7. The molecule has 10 nitrogen and oxygen atoms in total. The first-order chi connectivity index (χ1) is 14.1. The molecule has 0 aliphatic rings. The second-order valence-electron chi connectivity index (χ2n) is 5.85. The van der Waals surface area contributed by atoms with E-state index in [0.717, 1.165) is 4.40 Å². The summed E-state index contributed by atoms with van der Waals surface area (Å²) in [5.74, 6) is -2.11. The lowest BCUT2D eigenvalue weighted by Crippen LogP contribution is -2.28. The van der Waals surface area contributed by atoms with Crippen LogP contribution in [-0.2, 0) is 10.1 Å². The molecule has 4 aromatic rings. The molecule has 0 fully saturated rings. The van der Waals surface area contributed by atoms with E-state index in [1.54, 1.807) is 18.2 Å². The number of rotatable bonds is 4. The number of alkyl halides is 3. The largest absolute Gasteiger partial charge is 0.534 e. The van der Waals surface area contributed by atoms with E-state index in [9.17, 15) is 26.4 Å². The fourth-order valence-electron chi connectivity index (χ4n) is 2.62. The third-order valence-electron chi connectivity index (χ3n) is 3.90. The molecular formula is C16H9F3N6O4S. The quantitative estimate of drug-likeness (QED) is 0.374. The molecule has 3 aromatic heterocycles. The first-order valence-corrected chi connectivity index (χ1v) is 9.41. The number of nitrogens with two attached hydrogens (primary N) is 1. The minimum atomic E-state index is -6.01. The number of aromatic nitrogens is 5. The van der Waals surface area contributed by atoms with E-state index in [0.29, 0.717) is 0 Å². The van der Waals surface area contributed by atoms with Gasteiger partial charge in [-0.25, -0.2) is 9.97 Å². The van der Waals surface area contributed by atoms with Crippen molar-refractivity contribution in [2.75, 3.05) is 0 Å². The molecule has 0 bridgehead atoms. The molecule has 0 aliphatic heterocycles. The van der Waals surface area contributed by atoms with Crippen molar-refractivity contribution in [3.8, 4) is 17.1 Å². The number of nitrogens with zero attached hydrogens (tertiary/aromatic N) is 5. The first-order valence-electron chi connectivity index (χ1n) is 8.00. The van der Waals surface area contributed by atoms with E-state index >= 15 is 0 Å². The maximum Gasteiger partial charge on any atom is 0.534 e. The Morgan fingerprint density at radius 1 is 1.03 bits per heavy atom. The molecule has 30 heavy (non-hydrogen) atoms. The molecule has 0 atom stereocenters. The summed E-state index contributed by atoms with van der Waals surface area (Å²) in [5.41, 5.74) is -0.443. The van der Waals surface area contributed by atoms with Crippen LogP contribution in [-0.4, -0.2) is 44.4 Å². The highest BCUT2D eigenvalue weighted by molar-refractivity contribution is 7.88. The molecule has 1 amide bonds. The number of carbonyl (C=O) groups is 1. The maximum absolute atomic E-state index is 12.8. The standard InChI is InChI=1S/C16H9F3N6O4S/c17-16(18,19)30(27,28)29-15-11(8-4-2-1-3-5-8)22-13-9(21-15)6-7-10-23-24-14(12(20)26)25(10)13/h1-7H,(H2,20,26). The number of benzene rings is 1. The summed E-state index contributed by atoms with van der Waals surface area (Å²) in [5, 5.41) is 7.43. The van der Waals surface area contributed by atoms with Gasteiger partial charge in [-0.15, -0.1) is 10.2 Å². The molecule has 0 aliphatic carbocycles. The number of fused-ring (bicyclic) bond motifs is 3. The molecule has 154 valence electrons. The molecule has 0 spiro atoms. The molecule has 4 rings (SSSR count). The highest BCUT2D eigenvalue weighted by atomic mass is 32.2. The van der Waals surface area contributed by atoms with E-state index in [4.69, 9.17) is 5.73 Å². The van der Waals surface area contributed by atoms with Gasteiger partial charge in [-0.1, -0.05) is 30.3 Å². The summed E-state index contributed by atoms with van der Waals surface area (Å²) in [6.45, 7) is 0. The van der Waals surface area contributed by atoms with Crippen LogP contribution in [0, 0.1) is 0 Å². The second-order valence-corrected chi connectivity index (χ2v) is 7.39.